The number of rotatable bonds is 4. The molecule has 1 aliphatic rings. The first-order valence-corrected chi connectivity index (χ1v) is 5.51. The SMILES string of the molecule is OCC1CCCC1CNc1ccncn1. The van der Waals surface area contributed by atoms with Gasteiger partial charge in [-0.05, 0) is 30.7 Å². The van der Waals surface area contributed by atoms with Crippen LogP contribution in [0.2, 0.25) is 0 Å². The van der Waals surface area contributed by atoms with Crippen LogP contribution in [-0.4, -0.2) is 28.2 Å². The van der Waals surface area contributed by atoms with Gasteiger partial charge in [0, 0.05) is 19.3 Å². The highest BCUT2D eigenvalue weighted by Gasteiger charge is 2.26. The van der Waals surface area contributed by atoms with Crippen LogP contribution >= 0.6 is 0 Å². The molecule has 0 saturated heterocycles. The Hall–Kier alpha value is -1.16. The zero-order valence-corrected chi connectivity index (χ0v) is 8.76. The van der Waals surface area contributed by atoms with Crippen molar-refractivity contribution in [2.75, 3.05) is 18.5 Å². The van der Waals surface area contributed by atoms with Crippen LogP contribution in [0.15, 0.2) is 18.6 Å². The number of aliphatic hydroxyl groups is 1. The van der Waals surface area contributed by atoms with Crippen molar-refractivity contribution in [3.63, 3.8) is 0 Å². The van der Waals surface area contributed by atoms with E-state index in [2.05, 4.69) is 15.3 Å². The summed E-state index contributed by atoms with van der Waals surface area (Å²) in [6.45, 7) is 1.22. The Bertz CT molecular complexity index is 291. The molecule has 1 aromatic heterocycles. The van der Waals surface area contributed by atoms with Gasteiger partial charge < -0.3 is 10.4 Å². The third-order valence-corrected chi connectivity index (χ3v) is 3.18. The van der Waals surface area contributed by atoms with Crippen molar-refractivity contribution in [2.45, 2.75) is 19.3 Å². The maximum atomic E-state index is 9.18. The van der Waals surface area contributed by atoms with Crippen molar-refractivity contribution in [2.24, 2.45) is 11.8 Å². The molecule has 0 radical (unpaired) electrons. The van der Waals surface area contributed by atoms with Gasteiger partial charge in [-0.3, -0.25) is 0 Å². The van der Waals surface area contributed by atoms with E-state index >= 15 is 0 Å². The fourth-order valence-corrected chi connectivity index (χ4v) is 2.25. The normalized spacial score (nSPS) is 25.4. The van der Waals surface area contributed by atoms with E-state index in [1.807, 2.05) is 6.07 Å². The maximum absolute atomic E-state index is 9.18. The van der Waals surface area contributed by atoms with Gasteiger partial charge in [0.2, 0.25) is 0 Å². The van der Waals surface area contributed by atoms with E-state index in [0.717, 1.165) is 18.8 Å². The molecule has 2 unspecified atom stereocenters. The molecule has 2 rings (SSSR count). The molecule has 1 heterocycles. The van der Waals surface area contributed by atoms with Gasteiger partial charge in [-0.15, -0.1) is 0 Å². The summed E-state index contributed by atoms with van der Waals surface area (Å²) in [7, 11) is 0. The van der Waals surface area contributed by atoms with Crippen molar-refractivity contribution in [3.05, 3.63) is 18.6 Å². The summed E-state index contributed by atoms with van der Waals surface area (Å²) >= 11 is 0. The minimum absolute atomic E-state index is 0.316. The Morgan fingerprint density at radius 2 is 2.27 bits per heavy atom. The molecular formula is C11H17N3O. The molecular weight excluding hydrogens is 190 g/mol. The molecule has 0 bridgehead atoms. The Morgan fingerprint density at radius 1 is 1.40 bits per heavy atom. The number of nitrogens with zero attached hydrogens (tertiary/aromatic N) is 2. The predicted molar refractivity (Wildman–Crippen MR) is 58.4 cm³/mol. The van der Waals surface area contributed by atoms with Crippen molar-refractivity contribution < 1.29 is 5.11 Å². The summed E-state index contributed by atoms with van der Waals surface area (Å²) < 4.78 is 0. The van der Waals surface area contributed by atoms with Crippen molar-refractivity contribution in [3.8, 4) is 0 Å². The van der Waals surface area contributed by atoms with Gasteiger partial charge in [0.25, 0.3) is 0 Å². The summed E-state index contributed by atoms with van der Waals surface area (Å²) in [5.74, 6) is 1.93. The predicted octanol–water partition coefficient (Wildman–Crippen LogP) is 1.30. The molecule has 82 valence electrons. The molecule has 0 amide bonds. The lowest BCUT2D eigenvalue weighted by molar-refractivity contribution is 0.199. The second-order valence-electron chi connectivity index (χ2n) is 4.11. The van der Waals surface area contributed by atoms with Gasteiger partial charge in [-0.25, -0.2) is 9.97 Å². The largest absolute Gasteiger partial charge is 0.396 e. The van der Waals surface area contributed by atoms with Crippen LogP contribution in [0.1, 0.15) is 19.3 Å². The highest BCUT2D eigenvalue weighted by molar-refractivity contribution is 5.31. The van der Waals surface area contributed by atoms with Crippen molar-refractivity contribution in [1.82, 2.24) is 9.97 Å². The van der Waals surface area contributed by atoms with Gasteiger partial charge in [0.15, 0.2) is 0 Å². The Morgan fingerprint density at radius 3 is 3.00 bits per heavy atom. The van der Waals surface area contributed by atoms with E-state index in [9.17, 15) is 5.11 Å². The highest BCUT2D eigenvalue weighted by atomic mass is 16.3. The van der Waals surface area contributed by atoms with E-state index in [1.165, 1.54) is 12.8 Å². The van der Waals surface area contributed by atoms with Crippen LogP contribution in [0.4, 0.5) is 5.82 Å². The number of aromatic nitrogens is 2. The first-order chi connectivity index (χ1) is 7.40. The van der Waals surface area contributed by atoms with Gasteiger partial charge in [0.1, 0.15) is 12.1 Å². The summed E-state index contributed by atoms with van der Waals surface area (Å²) in [5, 5.41) is 12.5. The molecule has 0 aromatic carbocycles. The van der Waals surface area contributed by atoms with Crippen LogP contribution in [0, 0.1) is 11.8 Å². The van der Waals surface area contributed by atoms with Gasteiger partial charge in [-0.1, -0.05) is 6.42 Å². The summed E-state index contributed by atoms with van der Waals surface area (Å²) in [5.41, 5.74) is 0. The maximum Gasteiger partial charge on any atom is 0.129 e. The van der Waals surface area contributed by atoms with Gasteiger partial charge >= 0.3 is 0 Å². The Balaban J connectivity index is 1.83. The zero-order chi connectivity index (χ0) is 10.5. The molecule has 2 atom stereocenters. The van der Waals surface area contributed by atoms with Crippen LogP contribution < -0.4 is 5.32 Å². The van der Waals surface area contributed by atoms with Crippen molar-refractivity contribution >= 4 is 5.82 Å². The molecule has 4 heteroatoms. The van der Waals surface area contributed by atoms with Crippen molar-refractivity contribution in [1.29, 1.82) is 0 Å². The topological polar surface area (TPSA) is 58.0 Å². The molecule has 1 aromatic rings. The molecule has 15 heavy (non-hydrogen) atoms. The summed E-state index contributed by atoms with van der Waals surface area (Å²) in [6.07, 6.45) is 6.88. The fraction of sp³-hybridized carbons (Fsp3) is 0.636. The lowest BCUT2D eigenvalue weighted by Gasteiger charge is -2.17. The number of nitrogens with one attached hydrogen (secondary N) is 1. The lowest BCUT2D eigenvalue weighted by Crippen LogP contribution is -2.21. The smallest absolute Gasteiger partial charge is 0.129 e. The molecule has 1 aliphatic carbocycles. The standard InChI is InChI=1S/C11H17N3O/c15-7-10-3-1-2-9(10)6-13-11-4-5-12-8-14-11/h4-5,8-10,15H,1-3,6-7H2,(H,12,13,14). The third kappa shape index (κ3) is 2.65. The molecule has 1 fully saturated rings. The second-order valence-corrected chi connectivity index (χ2v) is 4.11. The van der Waals surface area contributed by atoms with Crippen LogP contribution in [0.25, 0.3) is 0 Å². The first-order valence-electron chi connectivity index (χ1n) is 5.51. The molecule has 4 nitrogen and oxygen atoms in total. The number of hydrogen-bond donors (Lipinski definition) is 2. The average molecular weight is 207 g/mol. The van der Waals surface area contributed by atoms with Crippen LogP contribution in [-0.2, 0) is 0 Å². The van der Waals surface area contributed by atoms with Gasteiger partial charge in [-0.2, -0.15) is 0 Å². The minimum atomic E-state index is 0.316. The number of anilines is 1. The lowest BCUT2D eigenvalue weighted by atomic mass is 9.97. The summed E-state index contributed by atoms with van der Waals surface area (Å²) in [4.78, 5) is 7.97. The number of hydrogen-bond acceptors (Lipinski definition) is 4. The second kappa shape index (κ2) is 5.07. The first kappa shape index (κ1) is 10.4. The Labute approximate surface area is 89.8 Å². The van der Waals surface area contributed by atoms with E-state index in [-0.39, 0.29) is 0 Å². The van der Waals surface area contributed by atoms with Crippen LogP contribution in [0.3, 0.4) is 0 Å². The van der Waals surface area contributed by atoms with E-state index in [4.69, 9.17) is 0 Å². The molecule has 0 spiro atoms. The van der Waals surface area contributed by atoms with E-state index < -0.39 is 0 Å². The van der Waals surface area contributed by atoms with Gasteiger partial charge in [0.05, 0.1) is 0 Å². The summed E-state index contributed by atoms with van der Waals surface area (Å²) in [6, 6.07) is 1.86. The zero-order valence-electron chi connectivity index (χ0n) is 8.76. The monoisotopic (exact) mass is 207 g/mol. The van der Waals surface area contributed by atoms with Crippen LogP contribution in [0.5, 0.6) is 0 Å². The minimum Gasteiger partial charge on any atom is -0.396 e. The highest BCUT2D eigenvalue weighted by Crippen LogP contribution is 2.31. The number of aliphatic hydroxyl groups excluding tert-OH is 1. The third-order valence-electron chi connectivity index (χ3n) is 3.18. The Kier molecular flexibility index (Phi) is 3.50. The quantitative estimate of drug-likeness (QED) is 0.781. The molecule has 1 saturated carbocycles. The van der Waals surface area contributed by atoms with E-state index in [0.29, 0.717) is 18.4 Å². The fourth-order valence-electron chi connectivity index (χ4n) is 2.25. The molecule has 2 N–H and O–H groups in total. The average Bonchev–Trinajstić information content (AvgIpc) is 2.75. The van der Waals surface area contributed by atoms with E-state index in [1.54, 1.807) is 12.5 Å². The molecule has 0 aliphatic heterocycles.